The Morgan fingerprint density at radius 3 is 2.63 bits per heavy atom. The van der Waals surface area contributed by atoms with Gasteiger partial charge in [-0.2, -0.15) is 4.73 Å². The van der Waals surface area contributed by atoms with Crippen LogP contribution in [-0.2, 0) is 22.8 Å². The number of nitrogens with zero attached hydrogens (tertiary/aromatic N) is 5. The molecule has 1 aliphatic rings. The van der Waals surface area contributed by atoms with Crippen LogP contribution in [0, 0.1) is 5.21 Å². The van der Waals surface area contributed by atoms with Crippen LogP contribution in [-0.4, -0.2) is 33.7 Å². The minimum absolute atomic E-state index is 0.0114. The zero-order valence-electron chi connectivity index (χ0n) is 19.4. The normalized spacial score (nSPS) is 14.5. The number of sulfone groups is 1. The van der Waals surface area contributed by atoms with E-state index in [0.29, 0.717) is 21.9 Å². The molecule has 11 heteroatoms. The predicted octanol–water partition coefficient (Wildman–Crippen LogP) is 4.11. The van der Waals surface area contributed by atoms with Crippen molar-refractivity contribution in [3.05, 3.63) is 59.2 Å². The third-order valence-corrected chi connectivity index (χ3v) is 8.01. The van der Waals surface area contributed by atoms with Crippen LogP contribution in [0.15, 0.2) is 47.8 Å². The second-order valence-corrected chi connectivity index (χ2v) is 11.1. The molecule has 0 bridgehead atoms. The molecule has 0 N–H and O–H groups in total. The fourth-order valence-corrected chi connectivity index (χ4v) is 5.18. The van der Waals surface area contributed by atoms with Crippen molar-refractivity contribution in [3.63, 3.8) is 0 Å². The molecule has 1 aliphatic carbocycles. The van der Waals surface area contributed by atoms with Gasteiger partial charge in [0, 0.05) is 31.9 Å². The highest BCUT2D eigenvalue weighted by Gasteiger charge is 2.32. The largest absolute Gasteiger partial charge is 0.618 e. The number of alkyl halides is 2. The summed E-state index contributed by atoms with van der Waals surface area (Å²) in [5.74, 6) is -2.90. The monoisotopic (exact) mass is 499 g/mol. The number of hydrogen-bond donors (Lipinski definition) is 0. The Morgan fingerprint density at radius 1 is 1.23 bits per heavy atom. The van der Waals surface area contributed by atoms with E-state index in [1.54, 1.807) is 13.2 Å². The van der Waals surface area contributed by atoms with Gasteiger partial charge in [0.05, 0.1) is 17.0 Å². The summed E-state index contributed by atoms with van der Waals surface area (Å²) < 4.78 is 55.7. The highest BCUT2D eigenvalue weighted by Crippen LogP contribution is 2.41. The first-order valence-electron chi connectivity index (χ1n) is 11.2. The summed E-state index contributed by atoms with van der Waals surface area (Å²) in [6.07, 6.45) is 6.14. The average molecular weight is 500 g/mol. The van der Waals surface area contributed by atoms with E-state index in [9.17, 15) is 22.4 Å². The first kappa shape index (κ1) is 23.3. The maximum Gasteiger partial charge on any atom is 0.278 e. The highest BCUT2D eigenvalue weighted by atomic mass is 32.2. The Hall–Kier alpha value is -3.47. The van der Waals surface area contributed by atoms with Gasteiger partial charge in [0.15, 0.2) is 21.7 Å². The van der Waals surface area contributed by atoms with Gasteiger partial charge < -0.3 is 9.77 Å². The zero-order valence-corrected chi connectivity index (χ0v) is 20.2. The minimum Gasteiger partial charge on any atom is -0.618 e. The van der Waals surface area contributed by atoms with Crippen LogP contribution in [0.5, 0.6) is 0 Å². The van der Waals surface area contributed by atoms with Gasteiger partial charge in [-0.15, -0.1) is 0 Å². The molecule has 4 aromatic heterocycles. The molecule has 1 fully saturated rings. The molecule has 0 spiro atoms. The number of halogens is 2. The fourth-order valence-electron chi connectivity index (χ4n) is 4.09. The third kappa shape index (κ3) is 4.13. The molecule has 4 heterocycles. The molecule has 0 atom stereocenters. The van der Waals surface area contributed by atoms with Gasteiger partial charge in [0.1, 0.15) is 10.4 Å². The van der Waals surface area contributed by atoms with Crippen molar-refractivity contribution in [2.45, 2.75) is 43.4 Å². The minimum atomic E-state index is -3.87. The van der Waals surface area contributed by atoms with Crippen molar-refractivity contribution < 1.29 is 21.9 Å². The second kappa shape index (κ2) is 8.04. The highest BCUT2D eigenvalue weighted by molar-refractivity contribution is 7.91. The molecular formula is C24H23F2N5O3S. The fraction of sp³-hybridized carbons (Fsp3) is 0.333. The number of imidazole rings is 1. The molecule has 0 aromatic carbocycles. The molecule has 0 radical (unpaired) electrons. The Labute approximate surface area is 200 Å². The molecule has 0 saturated heterocycles. The summed E-state index contributed by atoms with van der Waals surface area (Å²) in [6, 6.07) is 6.42. The number of rotatable bonds is 6. The summed E-state index contributed by atoms with van der Waals surface area (Å²) >= 11 is 0. The Balaban J connectivity index is 1.73. The lowest BCUT2D eigenvalue weighted by Gasteiger charge is -2.12. The number of hydrogen-bond acceptors (Lipinski definition) is 6. The first-order valence-corrected chi connectivity index (χ1v) is 12.8. The lowest BCUT2D eigenvalue weighted by molar-refractivity contribution is -0.595. The maximum absolute atomic E-state index is 13.8. The van der Waals surface area contributed by atoms with Gasteiger partial charge in [-0.05, 0) is 48.6 Å². The van der Waals surface area contributed by atoms with Gasteiger partial charge in [0.2, 0.25) is 5.82 Å². The molecule has 5 rings (SSSR count). The van der Waals surface area contributed by atoms with Crippen LogP contribution < -0.4 is 4.73 Å². The Morgan fingerprint density at radius 2 is 1.97 bits per heavy atom. The number of pyridine rings is 3. The van der Waals surface area contributed by atoms with Gasteiger partial charge in [-0.1, -0.05) is 6.92 Å². The topological polar surface area (TPSA) is 105 Å². The lowest BCUT2D eigenvalue weighted by Crippen LogP contribution is -2.32. The van der Waals surface area contributed by atoms with Crippen molar-refractivity contribution in [3.8, 4) is 22.8 Å². The van der Waals surface area contributed by atoms with Gasteiger partial charge >= 0.3 is 0 Å². The van der Waals surface area contributed by atoms with Crippen LogP contribution in [0.2, 0.25) is 0 Å². The van der Waals surface area contributed by atoms with E-state index >= 15 is 0 Å². The van der Waals surface area contributed by atoms with E-state index in [0.717, 1.165) is 31.5 Å². The van der Waals surface area contributed by atoms with Crippen molar-refractivity contribution in [2.75, 3.05) is 5.75 Å². The quantitative estimate of drug-likeness (QED) is 0.292. The molecule has 0 unspecified atom stereocenters. The smallest absolute Gasteiger partial charge is 0.278 e. The molecule has 1 saturated carbocycles. The molecule has 0 amide bonds. The van der Waals surface area contributed by atoms with Gasteiger partial charge in [-0.3, -0.25) is 4.98 Å². The van der Waals surface area contributed by atoms with Crippen LogP contribution in [0.1, 0.15) is 43.7 Å². The van der Waals surface area contributed by atoms with Crippen molar-refractivity contribution >= 4 is 21.0 Å². The third-order valence-electron chi connectivity index (χ3n) is 6.27. The molecule has 35 heavy (non-hydrogen) atoms. The summed E-state index contributed by atoms with van der Waals surface area (Å²) in [4.78, 5) is 12.6. The Bertz CT molecular complexity index is 1570. The van der Waals surface area contributed by atoms with E-state index in [1.807, 2.05) is 12.1 Å². The van der Waals surface area contributed by atoms with E-state index in [-0.39, 0.29) is 38.9 Å². The zero-order chi connectivity index (χ0) is 25.1. The summed E-state index contributed by atoms with van der Waals surface area (Å²) in [6.45, 7) is 2.24. The average Bonchev–Trinajstić information content (AvgIpc) is 3.62. The molecule has 8 nitrogen and oxygen atoms in total. The number of aryl methyl sites for hydroxylation is 1. The molecule has 4 aromatic rings. The standard InChI is InChI=1S/C24H23F2N5O3S/c1-4-35(33,34)20-10-16(18-9-15(7-8-27-18)14-5-6-14)13-31(32)21(20)23-29-19-11-17(24(2,25)26)12-28-22(19)30(23)3/h7-14H,4-6H2,1-3H3. The lowest BCUT2D eigenvalue weighted by atomic mass is 10.1. The predicted molar refractivity (Wildman–Crippen MR) is 125 cm³/mol. The van der Waals surface area contributed by atoms with E-state index < -0.39 is 15.8 Å². The van der Waals surface area contributed by atoms with Gasteiger partial charge in [-0.25, -0.2) is 27.2 Å². The van der Waals surface area contributed by atoms with Crippen LogP contribution in [0.3, 0.4) is 0 Å². The summed E-state index contributed by atoms with van der Waals surface area (Å²) in [5.41, 5.74) is 1.81. The number of fused-ring (bicyclic) bond motifs is 1. The van der Waals surface area contributed by atoms with Crippen LogP contribution >= 0.6 is 0 Å². The second-order valence-electron chi connectivity index (χ2n) is 8.87. The SMILES string of the molecule is CCS(=O)(=O)c1cc(-c2cc(C3CC3)ccn2)c[n+]([O-])c1-c1nc2cc(C(C)(F)F)cnc2n1C. The Kier molecular flexibility index (Phi) is 5.35. The first-order chi connectivity index (χ1) is 16.5. The van der Waals surface area contributed by atoms with Crippen LogP contribution in [0.25, 0.3) is 33.9 Å². The van der Waals surface area contributed by atoms with Crippen molar-refractivity contribution in [1.82, 2.24) is 19.5 Å². The van der Waals surface area contributed by atoms with Crippen LogP contribution in [0.4, 0.5) is 8.78 Å². The molecular weight excluding hydrogens is 476 g/mol. The van der Waals surface area contributed by atoms with Gasteiger partial charge in [0.25, 0.3) is 11.6 Å². The van der Waals surface area contributed by atoms with Crippen molar-refractivity contribution in [2.24, 2.45) is 7.05 Å². The molecule has 0 aliphatic heterocycles. The summed E-state index contributed by atoms with van der Waals surface area (Å²) in [5, 5.41) is 13.3. The van der Waals surface area contributed by atoms with Crippen molar-refractivity contribution in [1.29, 1.82) is 0 Å². The molecule has 182 valence electrons. The summed E-state index contributed by atoms with van der Waals surface area (Å²) in [7, 11) is -2.32. The maximum atomic E-state index is 13.8. The number of aromatic nitrogens is 5. The van der Waals surface area contributed by atoms with E-state index in [2.05, 4.69) is 15.0 Å². The van der Waals surface area contributed by atoms with E-state index in [1.165, 1.54) is 29.8 Å². The van der Waals surface area contributed by atoms with E-state index in [4.69, 9.17) is 0 Å².